The monoisotopic (exact) mass is 166 g/mol. The lowest BCUT2D eigenvalue weighted by molar-refractivity contribution is 0.0303. The van der Waals surface area contributed by atoms with Crippen molar-refractivity contribution < 1.29 is 4.74 Å². The van der Waals surface area contributed by atoms with Crippen molar-refractivity contribution >= 4 is 0 Å². The van der Waals surface area contributed by atoms with Gasteiger partial charge in [-0.25, -0.2) is 0 Å². The number of rotatable bonds is 1. The summed E-state index contributed by atoms with van der Waals surface area (Å²) >= 11 is 0. The Morgan fingerprint density at radius 1 is 1.42 bits per heavy atom. The summed E-state index contributed by atoms with van der Waals surface area (Å²) in [5.41, 5.74) is 0. The largest absolute Gasteiger partial charge is 0.377 e. The maximum atomic E-state index is 5.37. The fourth-order valence-corrected chi connectivity index (χ4v) is 1.48. The molecular weight excluding hydrogens is 152 g/mol. The van der Waals surface area contributed by atoms with Crippen LogP contribution in [0.4, 0.5) is 0 Å². The molecule has 1 unspecified atom stereocenters. The summed E-state index contributed by atoms with van der Waals surface area (Å²) in [4.78, 5) is 2.25. The van der Waals surface area contributed by atoms with Crippen molar-refractivity contribution in [2.75, 3.05) is 26.3 Å². The molecular formula is C9H14N2O. The summed E-state index contributed by atoms with van der Waals surface area (Å²) in [6, 6.07) is 0. The molecule has 0 aromatic heterocycles. The van der Waals surface area contributed by atoms with Gasteiger partial charge in [-0.3, -0.25) is 5.32 Å². The van der Waals surface area contributed by atoms with Crippen LogP contribution in [0.15, 0.2) is 24.4 Å². The zero-order valence-electron chi connectivity index (χ0n) is 7.07. The van der Waals surface area contributed by atoms with E-state index in [0.717, 1.165) is 26.3 Å². The molecule has 0 aliphatic carbocycles. The first-order chi connectivity index (χ1) is 5.97. The lowest BCUT2D eigenvalue weighted by Crippen LogP contribution is -2.51. The molecule has 0 radical (unpaired) electrons. The highest BCUT2D eigenvalue weighted by atomic mass is 16.5. The Morgan fingerprint density at radius 2 is 2.42 bits per heavy atom. The van der Waals surface area contributed by atoms with Crippen LogP contribution in [0.2, 0.25) is 0 Å². The molecule has 2 rings (SSSR count). The number of morpholine rings is 1. The molecule has 1 atom stereocenters. The first kappa shape index (κ1) is 7.83. The topological polar surface area (TPSA) is 24.5 Å². The van der Waals surface area contributed by atoms with Crippen molar-refractivity contribution in [1.82, 2.24) is 10.2 Å². The molecule has 0 bridgehead atoms. The SMILES string of the molecule is C1=CCN(C2COCCN2)C=C1. The number of hydrogen-bond acceptors (Lipinski definition) is 3. The van der Waals surface area contributed by atoms with E-state index in [1.54, 1.807) is 0 Å². The standard InChI is InChI=1S/C9H14N2O/c1-2-5-11(6-3-1)9-8-12-7-4-10-9/h1-3,5,9-10H,4,6-8H2. The summed E-state index contributed by atoms with van der Waals surface area (Å²) in [7, 11) is 0. The number of hydrogen-bond donors (Lipinski definition) is 1. The van der Waals surface area contributed by atoms with Crippen LogP contribution in [0.3, 0.4) is 0 Å². The van der Waals surface area contributed by atoms with Crippen LogP contribution in [0.1, 0.15) is 0 Å². The molecule has 2 aliphatic rings. The molecule has 66 valence electrons. The lowest BCUT2D eigenvalue weighted by atomic mass is 10.3. The highest BCUT2D eigenvalue weighted by Gasteiger charge is 2.17. The van der Waals surface area contributed by atoms with E-state index >= 15 is 0 Å². The third-order valence-electron chi connectivity index (χ3n) is 2.14. The molecule has 3 heteroatoms. The quantitative estimate of drug-likeness (QED) is 0.607. The van der Waals surface area contributed by atoms with Crippen LogP contribution in [0, 0.1) is 0 Å². The van der Waals surface area contributed by atoms with E-state index in [2.05, 4.69) is 34.6 Å². The Bertz CT molecular complexity index is 195. The Labute approximate surface area is 72.7 Å². The van der Waals surface area contributed by atoms with Crippen LogP contribution in [-0.2, 0) is 4.74 Å². The van der Waals surface area contributed by atoms with Gasteiger partial charge in [0.25, 0.3) is 0 Å². The Balaban J connectivity index is 1.90. The highest BCUT2D eigenvalue weighted by Crippen LogP contribution is 2.05. The van der Waals surface area contributed by atoms with E-state index in [1.807, 2.05) is 0 Å². The fraction of sp³-hybridized carbons (Fsp3) is 0.556. The van der Waals surface area contributed by atoms with Crippen molar-refractivity contribution in [2.24, 2.45) is 0 Å². The second kappa shape index (κ2) is 3.74. The van der Waals surface area contributed by atoms with Gasteiger partial charge in [0.05, 0.1) is 13.2 Å². The highest BCUT2D eigenvalue weighted by molar-refractivity contribution is 5.09. The van der Waals surface area contributed by atoms with Crippen molar-refractivity contribution in [3.8, 4) is 0 Å². The minimum absolute atomic E-state index is 0.361. The van der Waals surface area contributed by atoms with Crippen molar-refractivity contribution in [1.29, 1.82) is 0 Å². The van der Waals surface area contributed by atoms with E-state index in [-0.39, 0.29) is 0 Å². The molecule has 0 spiro atoms. The number of nitrogens with one attached hydrogen (secondary N) is 1. The van der Waals surface area contributed by atoms with Crippen LogP contribution in [0.25, 0.3) is 0 Å². The summed E-state index contributed by atoms with van der Waals surface area (Å²) < 4.78 is 5.37. The lowest BCUT2D eigenvalue weighted by Gasteiger charge is -2.34. The normalized spacial score (nSPS) is 29.3. The minimum atomic E-state index is 0.361. The van der Waals surface area contributed by atoms with Crippen LogP contribution >= 0.6 is 0 Å². The van der Waals surface area contributed by atoms with E-state index in [1.165, 1.54) is 0 Å². The predicted molar refractivity (Wildman–Crippen MR) is 47.6 cm³/mol. The molecule has 12 heavy (non-hydrogen) atoms. The van der Waals surface area contributed by atoms with Crippen LogP contribution in [-0.4, -0.2) is 37.4 Å². The van der Waals surface area contributed by atoms with Gasteiger partial charge in [0.15, 0.2) is 0 Å². The van der Waals surface area contributed by atoms with Crippen molar-refractivity contribution in [3.05, 3.63) is 24.4 Å². The van der Waals surface area contributed by atoms with Gasteiger partial charge in [0.1, 0.15) is 6.17 Å². The average molecular weight is 166 g/mol. The third kappa shape index (κ3) is 1.68. The minimum Gasteiger partial charge on any atom is -0.377 e. The number of allylic oxidation sites excluding steroid dienone is 2. The second-order valence-corrected chi connectivity index (χ2v) is 3.01. The summed E-state index contributed by atoms with van der Waals surface area (Å²) in [5, 5.41) is 3.40. The van der Waals surface area contributed by atoms with Gasteiger partial charge in [-0.1, -0.05) is 12.2 Å². The van der Waals surface area contributed by atoms with Gasteiger partial charge in [-0.2, -0.15) is 0 Å². The van der Waals surface area contributed by atoms with Crippen molar-refractivity contribution in [3.63, 3.8) is 0 Å². The molecule has 1 N–H and O–H groups in total. The first-order valence-corrected chi connectivity index (χ1v) is 4.37. The van der Waals surface area contributed by atoms with E-state index < -0.39 is 0 Å². The Hall–Kier alpha value is -0.800. The molecule has 1 fully saturated rings. The average Bonchev–Trinajstić information content (AvgIpc) is 2.21. The molecule has 1 saturated heterocycles. The maximum Gasteiger partial charge on any atom is 0.103 e. The number of nitrogens with zero attached hydrogens (tertiary/aromatic N) is 1. The summed E-state index contributed by atoms with van der Waals surface area (Å²) in [6.07, 6.45) is 8.74. The van der Waals surface area contributed by atoms with E-state index in [9.17, 15) is 0 Å². The number of ether oxygens (including phenoxy) is 1. The smallest absolute Gasteiger partial charge is 0.103 e. The van der Waals surface area contributed by atoms with E-state index in [0.29, 0.717) is 6.17 Å². The molecule has 2 aliphatic heterocycles. The Morgan fingerprint density at radius 3 is 3.08 bits per heavy atom. The molecule has 3 nitrogen and oxygen atoms in total. The third-order valence-corrected chi connectivity index (χ3v) is 2.14. The predicted octanol–water partition coefficient (Wildman–Crippen LogP) is 0.318. The molecule has 2 heterocycles. The Kier molecular flexibility index (Phi) is 2.44. The van der Waals surface area contributed by atoms with Gasteiger partial charge in [-0.05, 0) is 6.08 Å². The van der Waals surface area contributed by atoms with Gasteiger partial charge in [0.2, 0.25) is 0 Å². The van der Waals surface area contributed by atoms with Gasteiger partial charge >= 0.3 is 0 Å². The van der Waals surface area contributed by atoms with Crippen LogP contribution < -0.4 is 5.32 Å². The van der Waals surface area contributed by atoms with Crippen LogP contribution in [0.5, 0.6) is 0 Å². The van der Waals surface area contributed by atoms with Gasteiger partial charge in [-0.15, -0.1) is 0 Å². The van der Waals surface area contributed by atoms with Crippen molar-refractivity contribution in [2.45, 2.75) is 6.17 Å². The molecule has 0 aromatic rings. The zero-order valence-corrected chi connectivity index (χ0v) is 7.07. The van der Waals surface area contributed by atoms with Gasteiger partial charge < -0.3 is 9.64 Å². The fourth-order valence-electron chi connectivity index (χ4n) is 1.48. The molecule has 0 saturated carbocycles. The van der Waals surface area contributed by atoms with Gasteiger partial charge in [0, 0.05) is 19.3 Å². The second-order valence-electron chi connectivity index (χ2n) is 3.01. The summed E-state index contributed by atoms with van der Waals surface area (Å²) in [6.45, 7) is 3.57. The van der Waals surface area contributed by atoms with E-state index in [4.69, 9.17) is 4.74 Å². The summed E-state index contributed by atoms with van der Waals surface area (Å²) in [5.74, 6) is 0. The molecule has 0 amide bonds. The first-order valence-electron chi connectivity index (χ1n) is 4.37. The molecule has 0 aromatic carbocycles. The zero-order chi connectivity index (χ0) is 8.23. The maximum absolute atomic E-state index is 5.37.